The summed E-state index contributed by atoms with van der Waals surface area (Å²) in [7, 11) is 0. The molecular formula is C23H27NO4. The minimum Gasteiger partial charge on any atom is -0.394 e. The molecule has 1 amide bonds. The van der Waals surface area contributed by atoms with Crippen molar-refractivity contribution in [3.05, 3.63) is 70.8 Å². The monoisotopic (exact) mass is 381 g/mol. The molecule has 148 valence electrons. The van der Waals surface area contributed by atoms with Crippen molar-refractivity contribution in [3.63, 3.8) is 0 Å². The van der Waals surface area contributed by atoms with Gasteiger partial charge in [0.1, 0.15) is 5.54 Å². The quantitative estimate of drug-likeness (QED) is 0.595. The summed E-state index contributed by atoms with van der Waals surface area (Å²) in [6.07, 6.45) is 0. The Balaban J connectivity index is 2.09. The normalized spacial score (nSPS) is 11.5. The zero-order valence-corrected chi connectivity index (χ0v) is 16.5. The molecule has 0 bridgehead atoms. The van der Waals surface area contributed by atoms with E-state index in [1.165, 1.54) is 5.56 Å². The summed E-state index contributed by atoms with van der Waals surface area (Å²) < 4.78 is 0. The van der Waals surface area contributed by atoms with Crippen molar-refractivity contribution in [2.24, 2.45) is 0 Å². The summed E-state index contributed by atoms with van der Waals surface area (Å²) in [5.41, 5.74) is 1.91. The van der Waals surface area contributed by atoms with Crippen LogP contribution < -0.4 is 5.32 Å². The van der Waals surface area contributed by atoms with Gasteiger partial charge in [0, 0.05) is 16.7 Å². The van der Waals surface area contributed by atoms with E-state index in [0.717, 1.165) is 11.1 Å². The van der Waals surface area contributed by atoms with Crippen molar-refractivity contribution >= 4 is 5.91 Å². The molecule has 0 atom stereocenters. The van der Waals surface area contributed by atoms with Crippen LogP contribution in [0.3, 0.4) is 0 Å². The van der Waals surface area contributed by atoms with Crippen LogP contribution in [0.5, 0.6) is 0 Å². The minimum atomic E-state index is -1.45. The summed E-state index contributed by atoms with van der Waals surface area (Å²) in [4.78, 5) is 12.3. The van der Waals surface area contributed by atoms with E-state index in [1.54, 1.807) is 24.3 Å². The lowest BCUT2D eigenvalue weighted by Gasteiger charge is -2.28. The lowest BCUT2D eigenvalue weighted by molar-refractivity contribution is 0.0375. The van der Waals surface area contributed by atoms with Crippen molar-refractivity contribution < 1.29 is 20.1 Å². The predicted molar refractivity (Wildman–Crippen MR) is 109 cm³/mol. The summed E-state index contributed by atoms with van der Waals surface area (Å²) >= 11 is 0. The third-order valence-electron chi connectivity index (χ3n) is 4.54. The lowest BCUT2D eigenvalue weighted by atomic mass is 9.87. The Kier molecular flexibility index (Phi) is 6.98. The third kappa shape index (κ3) is 5.43. The first-order valence-corrected chi connectivity index (χ1v) is 9.11. The Labute approximate surface area is 166 Å². The molecule has 0 aliphatic heterocycles. The fourth-order valence-electron chi connectivity index (χ4n) is 2.48. The molecule has 0 radical (unpaired) electrons. The Hall–Kier alpha value is -2.65. The average molecular weight is 381 g/mol. The van der Waals surface area contributed by atoms with Gasteiger partial charge in [-0.2, -0.15) is 0 Å². The molecule has 0 saturated carbocycles. The fourth-order valence-corrected chi connectivity index (χ4v) is 2.48. The maximum Gasteiger partial charge on any atom is 0.251 e. The Morgan fingerprint density at radius 2 is 1.25 bits per heavy atom. The molecule has 0 aliphatic carbocycles. The van der Waals surface area contributed by atoms with Crippen molar-refractivity contribution in [2.45, 2.75) is 31.7 Å². The topological polar surface area (TPSA) is 89.8 Å². The van der Waals surface area contributed by atoms with Crippen LogP contribution in [-0.2, 0) is 5.41 Å². The molecule has 5 heteroatoms. The van der Waals surface area contributed by atoms with Crippen molar-refractivity contribution in [1.82, 2.24) is 5.32 Å². The Bertz CT molecular complexity index is 840. The maximum absolute atomic E-state index is 12.3. The highest BCUT2D eigenvalue weighted by molar-refractivity contribution is 5.94. The zero-order valence-electron chi connectivity index (χ0n) is 16.5. The van der Waals surface area contributed by atoms with E-state index in [9.17, 15) is 20.1 Å². The van der Waals surface area contributed by atoms with Gasteiger partial charge in [-0.25, -0.2) is 0 Å². The number of aliphatic hydroxyl groups excluding tert-OH is 3. The number of hydrogen-bond donors (Lipinski definition) is 4. The van der Waals surface area contributed by atoms with Crippen LogP contribution in [0.25, 0.3) is 0 Å². The van der Waals surface area contributed by atoms with Gasteiger partial charge in [-0.1, -0.05) is 44.7 Å². The summed E-state index contributed by atoms with van der Waals surface area (Å²) in [5.74, 6) is 5.68. The van der Waals surface area contributed by atoms with Crippen LogP contribution in [0.2, 0.25) is 0 Å². The summed E-state index contributed by atoms with van der Waals surface area (Å²) in [6, 6.07) is 14.8. The Morgan fingerprint density at radius 1 is 0.821 bits per heavy atom. The molecule has 2 rings (SSSR count). The van der Waals surface area contributed by atoms with Crippen LogP contribution >= 0.6 is 0 Å². The molecular weight excluding hydrogens is 354 g/mol. The second-order valence-corrected chi connectivity index (χ2v) is 7.86. The number of amides is 1. The van der Waals surface area contributed by atoms with Gasteiger partial charge < -0.3 is 20.6 Å². The zero-order chi connectivity index (χ0) is 20.8. The van der Waals surface area contributed by atoms with E-state index in [1.807, 2.05) is 12.1 Å². The first kappa shape index (κ1) is 21.6. The van der Waals surface area contributed by atoms with Gasteiger partial charge >= 0.3 is 0 Å². The molecule has 0 unspecified atom stereocenters. The van der Waals surface area contributed by atoms with E-state index in [-0.39, 0.29) is 5.41 Å². The largest absolute Gasteiger partial charge is 0.394 e. The minimum absolute atomic E-state index is 0.0992. The average Bonchev–Trinajstić information content (AvgIpc) is 2.70. The summed E-state index contributed by atoms with van der Waals surface area (Å²) in [5, 5.41) is 30.4. The number of carbonyl (C=O) groups excluding carboxylic acids is 1. The van der Waals surface area contributed by atoms with Crippen LogP contribution in [0.15, 0.2) is 48.5 Å². The van der Waals surface area contributed by atoms with Crippen molar-refractivity contribution in [1.29, 1.82) is 0 Å². The van der Waals surface area contributed by atoms with Gasteiger partial charge in [-0.05, 0) is 47.4 Å². The van der Waals surface area contributed by atoms with E-state index in [4.69, 9.17) is 0 Å². The molecule has 0 spiro atoms. The van der Waals surface area contributed by atoms with Gasteiger partial charge in [0.15, 0.2) is 0 Å². The first-order chi connectivity index (χ1) is 13.2. The number of rotatable bonds is 5. The molecule has 0 aromatic heterocycles. The van der Waals surface area contributed by atoms with E-state index in [2.05, 4.69) is 50.1 Å². The van der Waals surface area contributed by atoms with Crippen LogP contribution in [-0.4, -0.2) is 46.6 Å². The van der Waals surface area contributed by atoms with Gasteiger partial charge in [-0.3, -0.25) is 4.79 Å². The highest BCUT2D eigenvalue weighted by Crippen LogP contribution is 2.22. The first-order valence-electron chi connectivity index (χ1n) is 9.11. The standard InChI is InChI=1S/C23H27NO4/c1-22(2,3)20-12-8-18(9-13-20)5-4-17-6-10-19(11-7-17)21(28)24-23(14-25,15-26)16-27/h6-13,25-27H,14-16H2,1-3H3,(H,24,28). The lowest BCUT2D eigenvalue weighted by Crippen LogP contribution is -2.57. The maximum atomic E-state index is 12.3. The second kappa shape index (κ2) is 9.03. The van der Waals surface area contributed by atoms with Gasteiger partial charge in [0.05, 0.1) is 19.8 Å². The molecule has 0 aliphatic rings. The summed E-state index contributed by atoms with van der Waals surface area (Å²) in [6.45, 7) is 4.79. The van der Waals surface area contributed by atoms with Crippen LogP contribution in [0.1, 0.15) is 47.8 Å². The molecule has 0 saturated heterocycles. The Morgan fingerprint density at radius 3 is 1.64 bits per heavy atom. The number of aliphatic hydroxyl groups is 3. The van der Waals surface area contributed by atoms with Crippen LogP contribution in [0.4, 0.5) is 0 Å². The smallest absolute Gasteiger partial charge is 0.251 e. The van der Waals surface area contributed by atoms with Gasteiger partial charge in [0.25, 0.3) is 5.91 Å². The van der Waals surface area contributed by atoms with Gasteiger partial charge in [0.2, 0.25) is 0 Å². The number of hydrogen-bond acceptors (Lipinski definition) is 4. The SMILES string of the molecule is CC(C)(C)c1ccc(C#Cc2ccc(C(=O)NC(CO)(CO)CO)cc2)cc1. The molecule has 2 aromatic carbocycles. The number of nitrogens with one attached hydrogen (secondary N) is 1. The molecule has 5 nitrogen and oxygen atoms in total. The highest BCUT2D eigenvalue weighted by atomic mass is 16.3. The van der Waals surface area contributed by atoms with Crippen molar-refractivity contribution in [3.8, 4) is 11.8 Å². The molecule has 4 N–H and O–H groups in total. The fraction of sp³-hybridized carbons (Fsp3) is 0.348. The molecule has 2 aromatic rings. The predicted octanol–water partition coefficient (Wildman–Crippen LogP) is 1.83. The number of carbonyl (C=O) groups is 1. The van der Waals surface area contributed by atoms with E-state index < -0.39 is 31.3 Å². The highest BCUT2D eigenvalue weighted by Gasteiger charge is 2.30. The molecule has 0 fully saturated rings. The third-order valence-corrected chi connectivity index (χ3v) is 4.54. The number of benzene rings is 2. The van der Waals surface area contributed by atoms with Crippen LogP contribution in [0, 0.1) is 11.8 Å². The molecule has 0 heterocycles. The van der Waals surface area contributed by atoms with Gasteiger partial charge in [-0.15, -0.1) is 0 Å². The molecule has 28 heavy (non-hydrogen) atoms. The van der Waals surface area contributed by atoms with Crippen molar-refractivity contribution in [2.75, 3.05) is 19.8 Å². The van der Waals surface area contributed by atoms with E-state index >= 15 is 0 Å². The van der Waals surface area contributed by atoms with E-state index in [0.29, 0.717) is 5.56 Å². The second-order valence-electron chi connectivity index (χ2n) is 7.86.